The largest absolute Gasteiger partial charge is 0.496 e. The molecule has 0 aromatic heterocycles. The number of esters is 1. The number of rotatable bonds is 7. The minimum Gasteiger partial charge on any atom is -0.496 e. The molecule has 1 aromatic carbocycles. The van der Waals surface area contributed by atoms with Crippen LogP contribution >= 0.6 is 0 Å². The second kappa shape index (κ2) is 10.0. The molecular formula is C22H22N2O5. The van der Waals surface area contributed by atoms with Crippen LogP contribution < -0.4 is 4.74 Å². The first-order valence-corrected chi connectivity index (χ1v) is 9.03. The molecule has 1 aromatic rings. The molecule has 0 radical (unpaired) electrons. The van der Waals surface area contributed by atoms with Crippen molar-refractivity contribution in [3.8, 4) is 11.8 Å². The molecule has 7 nitrogen and oxygen atoms in total. The van der Waals surface area contributed by atoms with Gasteiger partial charge < -0.3 is 9.47 Å². The van der Waals surface area contributed by atoms with Crippen molar-refractivity contribution in [1.82, 2.24) is 4.90 Å². The molecule has 2 rings (SSSR count). The lowest BCUT2D eigenvalue weighted by Crippen LogP contribution is -2.43. The summed E-state index contributed by atoms with van der Waals surface area (Å²) in [4.78, 5) is 37.2. The first-order chi connectivity index (χ1) is 13.9. The Labute approximate surface area is 169 Å². The molecule has 150 valence electrons. The molecule has 0 spiro atoms. The van der Waals surface area contributed by atoms with E-state index in [1.807, 2.05) is 30.3 Å². The van der Waals surface area contributed by atoms with E-state index in [1.54, 1.807) is 32.3 Å². The molecule has 0 unspecified atom stereocenters. The molecule has 0 fully saturated rings. The highest BCUT2D eigenvalue weighted by atomic mass is 16.5. The summed E-state index contributed by atoms with van der Waals surface area (Å²) in [5.41, 5.74) is 1.35. The van der Waals surface area contributed by atoms with Gasteiger partial charge in [-0.3, -0.25) is 19.3 Å². The Morgan fingerprint density at radius 3 is 2.62 bits per heavy atom. The summed E-state index contributed by atoms with van der Waals surface area (Å²) in [7, 11) is 1.57. The number of methoxy groups -OCH3 is 1. The third-order valence-electron chi connectivity index (χ3n) is 4.33. The fourth-order valence-electron chi connectivity index (χ4n) is 2.85. The van der Waals surface area contributed by atoms with Crippen LogP contribution in [-0.2, 0) is 19.1 Å². The van der Waals surface area contributed by atoms with Crippen LogP contribution in [0.25, 0.3) is 6.08 Å². The number of ether oxygens (including phenoxy) is 2. The summed E-state index contributed by atoms with van der Waals surface area (Å²) in [6, 6.07) is 9.29. The Kier molecular flexibility index (Phi) is 7.49. The van der Waals surface area contributed by atoms with Crippen molar-refractivity contribution in [2.75, 3.05) is 20.3 Å². The molecule has 1 aliphatic heterocycles. The van der Waals surface area contributed by atoms with Crippen molar-refractivity contribution in [3.05, 3.63) is 58.7 Å². The van der Waals surface area contributed by atoms with Gasteiger partial charge in [0.25, 0.3) is 11.8 Å². The number of nitriles is 1. The van der Waals surface area contributed by atoms with Crippen molar-refractivity contribution < 1.29 is 23.9 Å². The predicted molar refractivity (Wildman–Crippen MR) is 106 cm³/mol. The van der Waals surface area contributed by atoms with E-state index in [2.05, 4.69) is 0 Å². The van der Waals surface area contributed by atoms with Crippen LogP contribution in [0.15, 0.2) is 53.1 Å². The maximum atomic E-state index is 12.8. The highest BCUT2D eigenvalue weighted by Gasteiger charge is 2.34. The number of allylic oxidation sites excluding steroid dienone is 2. The van der Waals surface area contributed by atoms with E-state index < -0.39 is 17.8 Å². The molecule has 2 amide bonds. The Morgan fingerprint density at radius 2 is 1.97 bits per heavy atom. The van der Waals surface area contributed by atoms with Crippen LogP contribution in [0.3, 0.4) is 0 Å². The standard InChI is InChI=1S/C22H22N2O5/c1-15-18(10-6-9-17-8-4-5-11-20(17)28-3)21(26)24(22(27)19(15)14-23)12-7-13-29-16(2)25/h4-6,8-11H,7,12-13H2,1-3H3/b9-6+,18-10+. The second-order valence-electron chi connectivity index (χ2n) is 6.25. The van der Waals surface area contributed by atoms with E-state index in [1.165, 1.54) is 6.92 Å². The minimum absolute atomic E-state index is 0.0525. The number of imide groups is 1. The van der Waals surface area contributed by atoms with Gasteiger partial charge in [0.2, 0.25) is 0 Å². The third kappa shape index (κ3) is 5.20. The number of hydrogen-bond donors (Lipinski definition) is 0. The lowest BCUT2D eigenvalue weighted by atomic mass is 9.94. The van der Waals surface area contributed by atoms with Crippen LogP contribution in [0.1, 0.15) is 25.8 Å². The number of carbonyl (C=O) groups excluding carboxylic acids is 3. The summed E-state index contributed by atoms with van der Waals surface area (Å²) in [5.74, 6) is -0.871. The Hall–Kier alpha value is -3.66. The van der Waals surface area contributed by atoms with Gasteiger partial charge in [-0.2, -0.15) is 5.26 Å². The smallest absolute Gasteiger partial charge is 0.302 e. The number of hydrogen-bond acceptors (Lipinski definition) is 6. The van der Waals surface area contributed by atoms with Gasteiger partial charge in [0, 0.05) is 24.6 Å². The third-order valence-corrected chi connectivity index (χ3v) is 4.33. The van der Waals surface area contributed by atoms with E-state index in [0.29, 0.717) is 17.7 Å². The fraction of sp³-hybridized carbons (Fsp3) is 0.273. The van der Waals surface area contributed by atoms with Crippen LogP contribution in [0.2, 0.25) is 0 Å². The van der Waals surface area contributed by atoms with Gasteiger partial charge >= 0.3 is 5.97 Å². The predicted octanol–water partition coefficient (Wildman–Crippen LogP) is 2.80. The summed E-state index contributed by atoms with van der Waals surface area (Å²) in [6.45, 7) is 3.00. The van der Waals surface area contributed by atoms with E-state index in [0.717, 1.165) is 10.5 Å². The molecule has 29 heavy (non-hydrogen) atoms. The lowest BCUT2D eigenvalue weighted by molar-refractivity contribution is -0.141. The summed E-state index contributed by atoms with van der Waals surface area (Å²) >= 11 is 0. The number of nitrogens with zero attached hydrogens (tertiary/aromatic N) is 2. The molecule has 0 saturated carbocycles. The lowest BCUT2D eigenvalue weighted by Gasteiger charge is -2.27. The topological polar surface area (TPSA) is 96.7 Å². The Morgan fingerprint density at radius 1 is 1.24 bits per heavy atom. The molecule has 0 aliphatic carbocycles. The van der Waals surface area contributed by atoms with Crippen LogP contribution in [0, 0.1) is 11.3 Å². The minimum atomic E-state index is -0.635. The molecule has 0 bridgehead atoms. The van der Waals surface area contributed by atoms with Crippen molar-refractivity contribution in [1.29, 1.82) is 5.26 Å². The Bertz CT molecular complexity index is 950. The zero-order valence-corrected chi connectivity index (χ0v) is 16.6. The van der Waals surface area contributed by atoms with Gasteiger partial charge in [0.05, 0.1) is 13.7 Å². The maximum absolute atomic E-state index is 12.8. The summed E-state index contributed by atoms with van der Waals surface area (Å²) in [5, 5.41) is 9.37. The number of carbonyl (C=O) groups is 3. The molecular weight excluding hydrogens is 372 g/mol. The van der Waals surface area contributed by atoms with Crippen molar-refractivity contribution in [2.45, 2.75) is 20.3 Å². The molecule has 1 heterocycles. The molecule has 0 N–H and O–H groups in total. The van der Waals surface area contributed by atoms with E-state index >= 15 is 0 Å². The van der Waals surface area contributed by atoms with Crippen molar-refractivity contribution >= 4 is 23.9 Å². The average molecular weight is 394 g/mol. The quantitative estimate of drug-likeness (QED) is 0.305. The molecule has 0 saturated heterocycles. The maximum Gasteiger partial charge on any atom is 0.302 e. The van der Waals surface area contributed by atoms with Gasteiger partial charge in [-0.25, -0.2) is 0 Å². The SMILES string of the molecule is COc1ccccc1/C=C/C=C1/C(=O)N(CCCOC(C)=O)C(=O)C(C#N)=C1C. The first-order valence-electron chi connectivity index (χ1n) is 9.03. The van der Waals surface area contributed by atoms with E-state index in [4.69, 9.17) is 9.47 Å². The average Bonchev–Trinajstić information content (AvgIpc) is 2.70. The van der Waals surface area contributed by atoms with Gasteiger partial charge in [-0.05, 0) is 31.1 Å². The van der Waals surface area contributed by atoms with Crippen molar-refractivity contribution in [2.24, 2.45) is 0 Å². The zero-order chi connectivity index (χ0) is 21.4. The van der Waals surface area contributed by atoms with E-state index in [-0.39, 0.29) is 24.3 Å². The molecule has 1 aliphatic rings. The van der Waals surface area contributed by atoms with E-state index in [9.17, 15) is 19.6 Å². The Balaban J connectivity index is 2.28. The van der Waals surface area contributed by atoms with Crippen LogP contribution in [0.4, 0.5) is 0 Å². The van der Waals surface area contributed by atoms with Crippen molar-refractivity contribution in [3.63, 3.8) is 0 Å². The van der Waals surface area contributed by atoms with Gasteiger partial charge in [0.1, 0.15) is 17.4 Å². The zero-order valence-electron chi connectivity index (χ0n) is 16.6. The number of benzene rings is 1. The number of amides is 2. The molecule has 0 atom stereocenters. The second-order valence-corrected chi connectivity index (χ2v) is 6.25. The number of para-hydroxylation sites is 1. The summed E-state index contributed by atoms with van der Waals surface area (Å²) < 4.78 is 10.1. The van der Waals surface area contributed by atoms with Gasteiger partial charge in [-0.15, -0.1) is 0 Å². The highest BCUT2D eigenvalue weighted by Crippen LogP contribution is 2.26. The first kappa shape index (κ1) is 21.6. The van der Waals surface area contributed by atoms with Crippen LogP contribution in [0.5, 0.6) is 5.75 Å². The van der Waals surface area contributed by atoms with Gasteiger partial charge in [0.15, 0.2) is 0 Å². The highest BCUT2D eigenvalue weighted by molar-refractivity contribution is 6.18. The monoisotopic (exact) mass is 394 g/mol. The normalized spacial score (nSPS) is 15.8. The summed E-state index contributed by atoms with van der Waals surface area (Å²) in [6.07, 6.45) is 5.32. The fourth-order valence-corrected chi connectivity index (χ4v) is 2.85. The van der Waals surface area contributed by atoms with Gasteiger partial charge in [-0.1, -0.05) is 30.4 Å². The van der Waals surface area contributed by atoms with Crippen LogP contribution in [-0.4, -0.2) is 42.9 Å². The molecule has 7 heteroatoms.